The fourth-order valence-corrected chi connectivity index (χ4v) is 4.61. The van der Waals surface area contributed by atoms with Crippen LogP contribution in [0.3, 0.4) is 0 Å². The molecule has 0 saturated heterocycles. The molecular weight excluding hydrogens is 382 g/mol. The minimum atomic E-state index is -0.388. The average molecular weight is 401 g/mol. The van der Waals surface area contributed by atoms with Crippen LogP contribution in [-0.2, 0) is 23.7 Å². The summed E-state index contributed by atoms with van der Waals surface area (Å²) in [4.78, 5) is 25.8. The van der Waals surface area contributed by atoms with E-state index in [0.717, 1.165) is 32.9 Å². The summed E-state index contributed by atoms with van der Waals surface area (Å²) in [6, 6.07) is 13.9. The molecule has 1 N–H and O–H groups in total. The zero-order valence-corrected chi connectivity index (χ0v) is 17.2. The Bertz CT molecular complexity index is 1400. The Morgan fingerprint density at radius 2 is 1.62 bits per heavy atom. The van der Waals surface area contributed by atoms with Gasteiger partial charge in [0.2, 0.25) is 0 Å². The number of hydrogen-bond acceptors (Lipinski definition) is 3. The molecule has 144 valence electrons. The number of aryl methyl sites for hydroxylation is 3. The summed E-state index contributed by atoms with van der Waals surface area (Å²) in [7, 11) is 3.85. The SMILES string of the molecule is Cc1ccc2c(C3=C(c4cn(C)c5ccccc45)C(=O)NC3=O)c(S)n(C)c2c1. The molecule has 0 radical (unpaired) electrons. The van der Waals surface area contributed by atoms with E-state index in [1.807, 2.05) is 72.7 Å². The van der Waals surface area contributed by atoms with E-state index >= 15 is 0 Å². The Kier molecular flexibility index (Phi) is 3.76. The zero-order valence-electron chi connectivity index (χ0n) is 16.3. The van der Waals surface area contributed by atoms with Crippen molar-refractivity contribution < 1.29 is 9.59 Å². The normalized spacial score (nSPS) is 14.5. The van der Waals surface area contributed by atoms with Gasteiger partial charge in [0.05, 0.1) is 16.2 Å². The third kappa shape index (κ3) is 2.42. The third-order valence-corrected chi connectivity index (χ3v) is 6.20. The lowest BCUT2D eigenvalue weighted by Crippen LogP contribution is -2.22. The first-order valence-electron chi connectivity index (χ1n) is 9.31. The van der Waals surface area contributed by atoms with Crippen LogP contribution in [0.25, 0.3) is 33.0 Å². The van der Waals surface area contributed by atoms with Crippen LogP contribution in [0.4, 0.5) is 0 Å². The zero-order chi connectivity index (χ0) is 20.4. The number of carbonyl (C=O) groups is 2. The van der Waals surface area contributed by atoms with Crippen LogP contribution >= 0.6 is 12.6 Å². The van der Waals surface area contributed by atoms with E-state index in [-0.39, 0.29) is 11.8 Å². The predicted octanol–water partition coefficient (Wildman–Crippen LogP) is 3.83. The Morgan fingerprint density at radius 1 is 0.897 bits per heavy atom. The minimum Gasteiger partial charge on any atom is -0.350 e. The number of thiol groups is 1. The van der Waals surface area contributed by atoms with Crippen LogP contribution in [-0.4, -0.2) is 20.9 Å². The second kappa shape index (κ2) is 6.12. The second-order valence-electron chi connectivity index (χ2n) is 7.48. The first-order valence-corrected chi connectivity index (χ1v) is 9.76. The first-order chi connectivity index (χ1) is 13.9. The molecule has 0 bridgehead atoms. The predicted molar refractivity (Wildman–Crippen MR) is 118 cm³/mol. The summed E-state index contributed by atoms with van der Waals surface area (Å²) < 4.78 is 3.92. The molecule has 5 nitrogen and oxygen atoms in total. The van der Waals surface area contributed by atoms with Crippen LogP contribution in [0.15, 0.2) is 53.7 Å². The summed E-state index contributed by atoms with van der Waals surface area (Å²) in [5.74, 6) is -0.764. The lowest BCUT2D eigenvalue weighted by atomic mass is 9.95. The van der Waals surface area contributed by atoms with Gasteiger partial charge in [-0.05, 0) is 24.6 Å². The van der Waals surface area contributed by atoms with E-state index in [1.165, 1.54) is 0 Å². The number of rotatable bonds is 2. The van der Waals surface area contributed by atoms with E-state index in [1.54, 1.807) is 0 Å². The molecule has 1 aliphatic rings. The molecule has 0 saturated carbocycles. The topological polar surface area (TPSA) is 56.0 Å². The summed E-state index contributed by atoms with van der Waals surface area (Å²) in [6.45, 7) is 2.02. The summed E-state index contributed by atoms with van der Waals surface area (Å²) in [6.07, 6.45) is 1.91. The van der Waals surface area contributed by atoms with Crippen molar-refractivity contribution in [2.45, 2.75) is 11.9 Å². The summed E-state index contributed by atoms with van der Waals surface area (Å²) in [5.41, 5.74) is 5.31. The highest BCUT2D eigenvalue weighted by Gasteiger charge is 2.36. The van der Waals surface area contributed by atoms with Crippen molar-refractivity contribution in [2.75, 3.05) is 0 Å². The van der Waals surface area contributed by atoms with Crippen molar-refractivity contribution in [3.8, 4) is 0 Å². The second-order valence-corrected chi connectivity index (χ2v) is 7.91. The minimum absolute atomic E-state index is 0.377. The molecule has 2 amide bonds. The van der Waals surface area contributed by atoms with Crippen LogP contribution in [0.2, 0.25) is 0 Å². The Balaban J connectivity index is 1.91. The Labute approximate surface area is 173 Å². The first kappa shape index (κ1) is 17.8. The van der Waals surface area contributed by atoms with E-state index in [0.29, 0.717) is 21.7 Å². The van der Waals surface area contributed by atoms with Gasteiger partial charge in [-0.3, -0.25) is 14.9 Å². The standard InChI is InChI=1S/C23H19N3O2S/c1-12-8-9-14-17(10-12)26(3)23(29)19(14)20-18(21(27)24-22(20)28)15-11-25(2)16-7-5-4-6-13(15)16/h4-11,29H,1-3H3,(H,24,27,28). The monoisotopic (exact) mass is 401 g/mol. The van der Waals surface area contributed by atoms with Crippen molar-refractivity contribution in [3.63, 3.8) is 0 Å². The lowest BCUT2D eigenvalue weighted by molar-refractivity contribution is -0.122. The third-order valence-electron chi connectivity index (χ3n) is 5.67. The molecule has 0 unspecified atom stereocenters. The molecule has 29 heavy (non-hydrogen) atoms. The van der Waals surface area contributed by atoms with Gasteiger partial charge >= 0.3 is 0 Å². The number of nitrogens with zero attached hydrogens (tertiary/aromatic N) is 2. The Morgan fingerprint density at radius 3 is 2.41 bits per heavy atom. The molecular formula is C23H19N3O2S. The van der Waals surface area contributed by atoms with Crippen LogP contribution < -0.4 is 5.32 Å². The molecule has 2 aromatic carbocycles. The molecule has 1 aliphatic heterocycles. The van der Waals surface area contributed by atoms with Gasteiger partial charge in [-0.1, -0.05) is 30.3 Å². The van der Waals surface area contributed by atoms with Gasteiger partial charge in [0.1, 0.15) is 0 Å². The van der Waals surface area contributed by atoms with Crippen LogP contribution in [0.5, 0.6) is 0 Å². The number of nitrogens with one attached hydrogen (secondary N) is 1. The number of imide groups is 1. The van der Waals surface area contributed by atoms with E-state index in [4.69, 9.17) is 12.6 Å². The molecule has 0 atom stereocenters. The van der Waals surface area contributed by atoms with Gasteiger partial charge in [-0.25, -0.2) is 0 Å². The van der Waals surface area contributed by atoms with Gasteiger partial charge in [0, 0.05) is 53.2 Å². The Hall–Kier alpha value is -3.25. The molecule has 0 spiro atoms. The molecule has 0 fully saturated rings. The molecule has 6 heteroatoms. The highest BCUT2D eigenvalue weighted by atomic mass is 32.1. The van der Waals surface area contributed by atoms with Crippen molar-refractivity contribution in [1.82, 2.24) is 14.5 Å². The van der Waals surface area contributed by atoms with Crippen molar-refractivity contribution in [1.29, 1.82) is 0 Å². The maximum atomic E-state index is 12.9. The van der Waals surface area contributed by atoms with Crippen molar-refractivity contribution >= 4 is 57.4 Å². The number of fused-ring (bicyclic) bond motifs is 2. The van der Waals surface area contributed by atoms with Crippen molar-refractivity contribution in [3.05, 3.63) is 65.4 Å². The highest BCUT2D eigenvalue weighted by molar-refractivity contribution is 7.80. The maximum absolute atomic E-state index is 12.9. The number of aromatic nitrogens is 2. The van der Waals surface area contributed by atoms with Crippen LogP contribution in [0.1, 0.15) is 16.7 Å². The average Bonchev–Trinajstić information content (AvgIpc) is 3.26. The number of carbonyl (C=O) groups excluding carboxylic acids is 2. The highest BCUT2D eigenvalue weighted by Crippen LogP contribution is 2.41. The van der Waals surface area contributed by atoms with E-state index in [2.05, 4.69) is 11.4 Å². The molecule has 5 rings (SSSR count). The van der Waals surface area contributed by atoms with Gasteiger partial charge in [0.25, 0.3) is 11.8 Å². The van der Waals surface area contributed by atoms with Gasteiger partial charge in [-0.2, -0.15) is 0 Å². The summed E-state index contributed by atoms with van der Waals surface area (Å²) >= 11 is 4.71. The van der Waals surface area contributed by atoms with Crippen LogP contribution in [0, 0.1) is 6.92 Å². The largest absolute Gasteiger partial charge is 0.350 e. The number of hydrogen-bond donors (Lipinski definition) is 2. The molecule has 0 aliphatic carbocycles. The molecule has 3 heterocycles. The number of benzene rings is 2. The summed E-state index contributed by atoms with van der Waals surface area (Å²) in [5, 5.41) is 4.99. The van der Waals surface area contributed by atoms with Gasteiger partial charge in [-0.15, -0.1) is 12.6 Å². The van der Waals surface area contributed by atoms with Crippen molar-refractivity contribution in [2.24, 2.45) is 14.1 Å². The fourth-order valence-electron chi connectivity index (χ4n) is 4.27. The number of amides is 2. The fraction of sp³-hybridized carbons (Fsp3) is 0.130. The molecule has 2 aromatic heterocycles. The number of para-hydroxylation sites is 1. The van der Waals surface area contributed by atoms with E-state index in [9.17, 15) is 9.59 Å². The van der Waals surface area contributed by atoms with E-state index < -0.39 is 0 Å². The lowest BCUT2D eigenvalue weighted by Gasteiger charge is -2.05. The maximum Gasteiger partial charge on any atom is 0.259 e. The quantitative estimate of drug-likeness (QED) is 0.396. The van der Waals surface area contributed by atoms with Gasteiger partial charge < -0.3 is 9.13 Å². The molecule has 4 aromatic rings. The smallest absolute Gasteiger partial charge is 0.259 e. The van der Waals surface area contributed by atoms with Gasteiger partial charge in [0.15, 0.2) is 0 Å².